The molecular formula is C21H19F3N2O4S. The lowest BCUT2D eigenvalue weighted by atomic mass is 10.0. The van der Waals surface area contributed by atoms with Crippen LogP contribution in [0.15, 0.2) is 42.5 Å². The van der Waals surface area contributed by atoms with Gasteiger partial charge in [-0.3, -0.25) is 19.7 Å². The maximum Gasteiger partial charge on any atom is 0.416 e. The van der Waals surface area contributed by atoms with E-state index in [0.717, 1.165) is 41.1 Å². The number of benzene rings is 2. The van der Waals surface area contributed by atoms with E-state index in [9.17, 15) is 27.6 Å². The summed E-state index contributed by atoms with van der Waals surface area (Å²) in [4.78, 5) is 35.2. The minimum atomic E-state index is -4.56. The summed E-state index contributed by atoms with van der Waals surface area (Å²) < 4.78 is 43.8. The standard InChI is InChI=1S/C21H19F3N2O4S/c1-30-16-7-6-14(21(22,23)24)11-15(16)18(27)25-9-8-12-2-4-13(5-3-12)10-17-19(28)26-20(29)31-17/h2-7,11,17H,8-10H2,1H3,(H,25,27)(H,26,28,29)/t17-/m0/s1. The fourth-order valence-corrected chi connectivity index (χ4v) is 3.92. The molecule has 0 unspecified atom stereocenters. The number of alkyl halides is 3. The minimum absolute atomic E-state index is 0.0576. The Kier molecular flexibility index (Phi) is 6.89. The van der Waals surface area contributed by atoms with E-state index < -0.39 is 22.9 Å². The second-order valence-corrected chi connectivity index (χ2v) is 8.00. The van der Waals surface area contributed by atoms with E-state index >= 15 is 0 Å². The van der Waals surface area contributed by atoms with E-state index in [0.29, 0.717) is 12.8 Å². The number of thioether (sulfide) groups is 1. The number of amides is 3. The number of ether oxygens (including phenoxy) is 1. The van der Waals surface area contributed by atoms with Gasteiger partial charge in [0.2, 0.25) is 5.91 Å². The van der Waals surface area contributed by atoms with Gasteiger partial charge in [-0.2, -0.15) is 13.2 Å². The van der Waals surface area contributed by atoms with Crippen LogP contribution < -0.4 is 15.4 Å². The van der Waals surface area contributed by atoms with Crippen LogP contribution in [0.4, 0.5) is 18.0 Å². The van der Waals surface area contributed by atoms with Crippen molar-refractivity contribution in [3.63, 3.8) is 0 Å². The number of methoxy groups -OCH3 is 1. The molecule has 1 aliphatic heterocycles. The second-order valence-electron chi connectivity index (χ2n) is 6.82. The van der Waals surface area contributed by atoms with Crippen molar-refractivity contribution in [3.8, 4) is 5.75 Å². The predicted octanol–water partition coefficient (Wildman–Crippen LogP) is 3.58. The quantitative estimate of drug-likeness (QED) is 0.671. The van der Waals surface area contributed by atoms with Crippen molar-refractivity contribution in [2.24, 2.45) is 0 Å². The molecule has 1 atom stereocenters. The summed E-state index contributed by atoms with van der Waals surface area (Å²) in [6.07, 6.45) is -3.67. The lowest BCUT2D eigenvalue weighted by Crippen LogP contribution is -2.26. The third-order valence-electron chi connectivity index (χ3n) is 4.68. The number of carbonyl (C=O) groups excluding carboxylic acids is 3. The predicted molar refractivity (Wildman–Crippen MR) is 109 cm³/mol. The van der Waals surface area contributed by atoms with Crippen LogP contribution in [0.2, 0.25) is 0 Å². The Morgan fingerprint density at radius 1 is 1.13 bits per heavy atom. The fourth-order valence-electron chi connectivity index (χ4n) is 3.06. The molecule has 0 aromatic heterocycles. The molecule has 2 aromatic carbocycles. The molecule has 2 N–H and O–H groups in total. The van der Waals surface area contributed by atoms with Gasteiger partial charge in [0.15, 0.2) is 0 Å². The molecule has 10 heteroatoms. The maximum absolute atomic E-state index is 12.9. The Balaban J connectivity index is 1.56. The van der Waals surface area contributed by atoms with Crippen LogP contribution in [0.3, 0.4) is 0 Å². The minimum Gasteiger partial charge on any atom is -0.496 e. The normalized spacial score (nSPS) is 16.2. The molecule has 2 aromatic rings. The molecule has 164 valence electrons. The Hall–Kier alpha value is -3.01. The third-order valence-corrected chi connectivity index (χ3v) is 5.66. The lowest BCUT2D eigenvalue weighted by molar-refractivity contribution is -0.137. The molecule has 6 nitrogen and oxygen atoms in total. The molecule has 3 amide bonds. The van der Waals surface area contributed by atoms with Crippen LogP contribution in [0.5, 0.6) is 5.75 Å². The van der Waals surface area contributed by atoms with Crippen molar-refractivity contribution in [2.45, 2.75) is 24.3 Å². The molecule has 0 saturated carbocycles. The molecule has 1 saturated heterocycles. The maximum atomic E-state index is 12.9. The summed E-state index contributed by atoms with van der Waals surface area (Å²) in [7, 11) is 1.28. The Bertz CT molecular complexity index is 993. The summed E-state index contributed by atoms with van der Waals surface area (Å²) >= 11 is 0.965. The zero-order valence-corrected chi connectivity index (χ0v) is 17.2. The Morgan fingerprint density at radius 3 is 2.39 bits per heavy atom. The average Bonchev–Trinajstić information content (AvgIpc) is 3.04. The molecule has 0 aliphatic carbocycles. The summed E-state index contributed by atoms with van der Waals surface area (Å²) in [5, 5.41) is 4.06. The van der Waals surface area contributed by atoms with Crippen molar-refractivity contribution >= 4 is 28.8 Å². The third kappa shape index (κ3) is 5.78. The van der Waals surface area contributed by atoms with E-state index in [1.165, 1.54) is 7.11 Å². The van der Waals surface area contributed by atoms with Crippen LogP contribution in [0.1, 0.15) is 27.0 Å². The smallest absolute Gasteiger partial charge is 0.416 e. The van der Waals surface area contributed by atoms with Gasteiger partial charge in [-0.05, 0) is 42.2 Å². The first kappa shape index (κ1) is 22.7. The van der Waals surface area contributed by atoms with E-state index in [1.54, 1.807) is 0 Å². The number of carbonyl (C=O) groups is 3. The van der Waals surface area contributed by atoms with Crippen molar-refractivity contribution < 1.29 is 32.3 Å². The number of imide groups is 1. The van der Waals surface area contributed by atoms with Crippen molar-refractivity contribution in [1.29, 1.82) is 0 Å². The number of halogens is 3. The highest BCUT2D eigenvalue weighted by molar-refractivity contribution is 8.15. The fraction of sp³-hybridized carbons (Fsp3) is 0.286. The number of rotatable bonds is 7. The van der Waals surface area contributed by atoms with E-state index in [-0.39, 0.29) is 29.0 Å². The van der Waals surface area contributed by atoms with Crippen LogP contribution in [0.25, 0.3) is 0 Å². The van der Waals surface area contributed by atoms with Crippen molar-refractivity contribution in [1.82, 2.24) is 10.6 Å². The molecule has 3 rings (SSSR count). The summed E-state index contributed by atoms with van der Waals surface area (Å²) in [5.74, 6) is -0.900. The molecule has 31 heavy (non-hydrogen) atoms. The van der Waals surface area contributed by atoms with Crippen molar-refractivity contribution in [3.05, 3.63) is 64.7 Å². The van der Waals surface area contributed by atoms with Crippen LogP contribution >= 0.6 is 11.8 Å². The Labute approximate surface area is 180 Å². The number of hydrogen-bond donors (Lipinski definition) is 2. The van der Waals surface area contributed by atoms with Gasteiger partial charge in [0, 0.05) is 6.54 Å². The highest BCUT2D eigenvalue weighted by atomic mass is 32.2. The molecule has 0 bridgehead atoms. The van der Waals surface area contributed by atoms with Gasteiger partial charge in [0.1, 0.15) is 5.75 Å². The largest absolute Gasteiger partial charge is 0.496 e. The first-order valence-electron chi connectivity index (χ1n) is 9.30. The summed E-state index contributed by atoms with van der Waals surface area (Å²) in [5.41, 5.74) is 0.683. The second kappa shape index (κ2) is 9.42. The topological polar surface area (TPSA) is 84.5 Å². The molecule has 1 heterocycles. The van der Waals surface area contributed by atoms with Gasteiger partial charge in [0.25, 0.3) is 11.1 Å². The average molecular weight is 452 g/mol. The van der Waals surface area contributed by atoms with E-state index in [1.807, 2.05) is 24.3 Å². The first-order chi connectivity index (χ1) is 14.7. The number of hydrogen-bond acceptors (Lipinski definition) is 5. The zero-order valence-electron chi connectivity index (χ0n) is 16.4. The summed E-state index contributed by atoms with van der Waals surface area (Å²) in [6.45, 7) is 0.215. The summed E-state index contributed by atoms with van der Waals surface area (Å²) in [6, 6.07) is 10.1. The van der Waals surface area contributed by atoms with Gasteiger partial charge in [-0.15, -0.1) is 0 Å². The van der Waals surface area contributed by atoms with Gasteiger partial charge >= 0.3 is 6.18 Å². The number of nitrogens with one attached hydrogen (secondary N) is 2. The van der Waals surface area contributed by atoms with E-state index in [2.05, 4.69) is 10.6 Å². The SMILES string of the molecule is COc1ccc(C(F)(F)F)cc1C(=O)NCCc1ccc(C[C@@H]2SC(=O)NC2=O)cc1. The lowest BCUT2D eigenvalue weighted by Gasteiger charge is -2.13. The van der Waals surface area contributed by atoms with Gasteiger partial charge in [-0.25, -0.2) is 0 Å². The highest BCUT2D eigenvalue weighted by Crippen LogP contribution is 2.32. The molecule has 0 spiro atoms. The van der Waals surface area contributed by atoms with Crippen LogP contribution in [-0.4, -0.2) is 36.0 Å². The van der Waals surface area contributed by atoms with Crippen LogP contribution in [-0.2, 0) is 23.8 Å². The van der Waals surface area contributed by atoms with Gasteiger partial charge in [0.05, 0.1) is 23.5 Å². The molecule has 1 fully saturated rings. The van der Waals surface area contributed by atoms with Crippen molar-refractivity contribution in [2.75, 3.05) is 13.7 Å². The zero-order chi connectivity index (χ0) is 22.6. The van der Waals surface area contributed by atoms with Gasteiger partial charge in [-0.1, -0.05) is 36.0 Å². The van der Waals surface area contributed by atoms with Gasteiger partial charge < -0.3 is 10.1 Å². The first-order valence-corrected chi connectivity index (χ1v) is 10.2. The highest BCUT2D eigenvalue weighted by Gasteiger charge is 2.32. The molecule has 1 aliphatic rings. The van der Waals surface area contributed by atoms with E-state index in [4.69, 9.17) is 4.74 Å². The monoisotopic (exact) mass is 452 g/mol. The molecule has 0 radical (unpaired) electrons. The Morgan fingerprint density at radius 2 is 1.81 bits per heavy atom. The van der Waals surface area contributed by atoms with Crippen LogP contribution in [0, 0.1) is 0 Å². The molecular weight excluding hydrogens is 433 g/mol.